The van der Waals surface area contributed by atoms with Crippen molar-refractivity contribution in [3.8, 4) is 0 Å². The average Bonchev–Trinajstić information content (AvgIpc) is 2.47. The first-order valence-corrected chi connectivity index (χ1v) is 8.88. The highest BCUT2D eigenvalue weighted by Gasteiger charge is 2.26. The lowest BCUT2D eigenvalue weighted by atomic mass is 10.3. The zero-order chi connectivity index (χ0) is 17.9. The van der Waals surface area contributed by atoms with E-state index < -0.39 is 39.8 Å². The molecule has 0 bridgehead atoms. The Kier molecular flexibility index (Phi) is 5.40. The highest BCUT2D eigenvalue weighted by molar-refractivity contribution is 7.92. The minimum atomic E-state index is -4.09. The van der Waals surface area contributed by atoms with Crippen molar-refractivity contribution in [3.63, 3.8) is 0 Å². The number of carbonyl (C=O) groups excluding carboxylic acids is 1. The Morgan fingerprint density at radius 2 is 1.67 bits per heavy atom. The SMILES string of the molecule is CS(=O)(=O)N(CC(=O)Nc1ccc(Cl)cc1)c1c(F)cccc1F. The van der Waals surface area contributed by atoms with E-state index >= 15 is 0 Å². The second-order valence-electron chi connectivity index (χ2n) is 4.89. The molecule has 0 radical (unpaired) electrons. The van der Waals surface area contributed by atoms with E-state index in [0.717, 1.165) is 24.5 Å². The molecule has 0 saturated carbocycles. The van der Waals surface area contributed by atoms with Gasteiger partial charge in [-0.25, -0.2) is 17.2 Å². The van der Waals surface area contributed by atoms with Gasteiger partial charge in [-0.2, -0.15) is 0 Å². The minimum absolute atomic E-state index is 0.367. The van der Waals surface area contributed by atoms with Crippen molar-refractivity contribution >= 4 is 38.9 Å². The predicted molar refractivity (Wildman–Crippen MR) is 88.6 cm³/mol. The molecule has 0 atom stereocenters. The number of nitrogens with one attached hydrogen (secondary N) is 1. The van der Waals surface area contributed by atoms with Crippen LogP contribution in [-0.4, -0.2) is 27.1 Å². The quantitative estimate of drug-likeness (QED) is 0.874. The van der Waals surface area contributed by atoms with Crippen LogP contribution in [0, 0.1) is 11.6 Å². The minimum Gasteiger partial charge on any atom is -0.325 e. The first-order valence-electron chi connectivity index (χ1n) is 6.65. The highest BCUT2D eigenvalue weighted by atomic mass is 35.5. The number of benzene rings is 2. The summed E-state index contributed by atoms with van der Waals surface area (Å²) in [6.45, 7) is -0.778. The van der Waals surface area contributed by atoms with E-state index in [-0.39, 0.29) is 0 Å². The van der Waals surface area contributed by atoms with Gasteiger partial charge >= 0.3 is 0 Å². The van der Waals surface area contributed by atoms with Gasteiger partial charge in [0.15, 0.2) is 11.6 Å². The van der Waals surface area contributed by atoms with Gasteiger partial charge in [-0.15, -0.1) is 0 Å². The molecule has 24 heavy (non-hydrogen) atoms. The molecule has 2 aromatic rings. The van der Waals surface area contributed by atoms with Crippen LogP contribution in [0.25, 0.3) is 0 Å². The Morgan fingerprint density at radius 1 is 1.12 bits per heavy atom. The van der Waals surface area contributed by atoms with E-state index in [9.17, 15) is 22.0 Å². The zero-order valence-corrected chi connectivity index (χ0v) is 14.0. The molecule has 0 heterocycles. The number of sulfonamides is 1. The number of carbonyl (C=O) groups is 1. The number of amides is 1. The Hall–Kier alpha value is -2.19. The number of halogens is 3. The monoisotopic (exact) mass is 374 g/mol. The van der Waals surface area contributed by atoms with Gasteiger partial charge in [-0.1, -0.05) is 17.7 Å². The zero-order valence-electron chi connectivity index (χ0n) is 12.5. The lowest BCUT2D eigenvalue weighted by Gasteiger charge is -2.22. The largest absolute Gasteiger partial charge is 0.325 e. The van der Waals surface area contributed by atoms with Crippen molar-refractivity contribution in [2.24, 2.45) is 0 Å². The fourth-order valence-electron chi connectivity index (χ4n) is 1.95. The van der Waals surface area contributed by atoms with E-state index in [0.29, 0.717) is 15.0 Å². The summed E-state index contributed by atoms with van der Waals surface area (Å²) in [6.07, 6.45) is 0.758. The maximum absolute atomic E-state index is 13.9. The summed E-state index contributed by atoms with van der Waals surface area (Å²) in [7, 11) is -4.09. The molecule has 2 rings (SSSR count). The third-order valence-corrected chi connectivity index (χ3v) is 4.37. The van der Waals surface area contributed by atoms with Crippen LogP contribution in [0.3, 0.4) is 0 Å². The van der Waals surface area contributed by atoms with Gasteiger partial charge in [0.2, 0.25) is 15.9 Å². The highest BCUT2D eigenvalue weighted by Crippen LogP contribution is 2.25. The summed E-state index contributed by atoms with van der Waals surface area (Å²) in [5, 5.41) is 2.89. The second kappa shape index (κ2) is 7.14. The molecule has 0 spiro atoms. The third kappa shape index (κ3) is 4.42. The average molecular weight is 375 g/mol. The molecule has 1 N–H and O–H groups in total. The molecule has 0 aliphatic rings. The van der Waals surface area contributed by atoms with Gasteiger partial charge in [-0.05, 0) is 36.4 Å². The topological polar surface area (TPSA) is 66.5 Å². The first kappa shape index (κ1) is 18.2. The van der Waals surface area contributed by atoms with E-state index in [2.05, 4.69) is 5.32 Å². The normalized spacial score (nSPS) is 11.2. The fraction of sp³-hybridized carbons (Fsp3) is 0.133. The van der Waals surface area contributed by atoms with Gasteiger partial charge < -0.3 is 5.32 Å². The Balaban J connectivity index is 2.27. The van der Waals surface area contributed by atoms with E-state index in [1.165, 1.54) is 24.3 Å². The molecule has 0 unspecified atom stereocenters. The van der Waals surface area contributed by atoms with Crippen LogP contribution in [0.15, 0.2) is 42.5 Å². The molecule has 0 saturated heterocycles. The number of hydrogen-bond donors (Lipinski definition) is 1. The van der Waals surface area contributed by atoms with Gasteiger partial charge in [0.25, 0.3) is 0 Å². The standard InChI is InChI=1S/C15H13ClF2N2O3S/c1-24(22,23)20(15-12(17)3-2-4-13(15)18)9-14(21)19-11-7-5-10(16)6-8-11/h2-8H,9H2,1H3,(H,19,21). The number of rotatable bonds is 5. The number of para-hydroxylation sites is 1. The maximum atomic E-state index is 13.9. The van der Waals surface area contributed by atoms with Crippen molar-refractivity contribution in [1.82, 2.24) is 0 Å². The summed E-state index contributed by atoms with van der Waals surface area (Å²) >= 11 is 5.72. The summed E-state index contributed by atoms with van der Waals surface area (Å²) in [4.78, 5) is 12.1. The fourth-order valence-corrected chi connectivity index (χ4v) is 2.94. The maximum Gasteiger partial charge on any atom is 0.245 e. The van der Waals surface area contributed by atoms with Crippen LogP contribution in [0.5, 0.6) is 0 Å². The molecule has 2 aromatic carbocycles. The lowest BCUT2D eigenvalue weighted by molar-refractivity contribution is -0.114. The Morgan fingerprint density at radius 3 is 2.17 bits per heavy atom. The molecule has 128 valence electrons. The summed E-state index contributed by atoms with van der Waals surface area (Å²) in [6, 6.07) is 9.00. The van der Waals surface area contributed by atoms with Crippen LogP contribution in [-0.2, 0) is 14.8 Å². The van der Waals surface area contributed by atoms with E-state index in [4.69, 9.17) is 11.6 Å². The lowest BCUT2D eigenvalue weighted by Crippen LogP contribution is -2.38. The van der Waals surface area contributed by atoms with E-state index in [1.54, 1.807) is 0 Å². The van der Waals surface area contributed by atoms with Crippen LogP contribution >= 0.6 is 11.6 Å². The summed E-state index contributed by atoms with van der Waals surface area (Å²) < 4.78 is 51.8. The predicted octanol–water partition coefficient (Wildman–Crippen LogP) is 3.02. The smallest absolute Gasteiger partial charge is 0.245 e. The Labute approximate surface area is 142 Å². The number of hydrogen-bond acceptors (Lipinski definition) is 3. The van der Waals surface area contributed by atoms with Crippen molar-refractivity contribution < 1.29 is 22.0 Å². The molecule has 0 aliphatic heterocycles. The van der Waals surface area contributed by atoms with E-state index in [1.807, 2.05) is 0 Å². The van der Waals surface area contributed by atoms with Gasteiger partial charge in [0, 0.05) is 10.7 Å². The molecule has 9 heteroatoms. The van der Waals surface area contributed by atoms with Crippen LogP contribution in [0.4, 0.5) is 20.2 Å². The van der Waals surface area contributed by atoms with Gasteiger partial charge in [0.05, 0.1) is 6.26 Å². The number of anilines is 2. The van der Waals surface area contributed by atoms with Crippen molar-refractivity contribution in [2.45, 2.75) is 0 Å². The van der Waals surface area contributed by atoms with Crippen LogP contribution in [0.1, 0.15) is 0 Å². The van der Waals surface area contributed by atoms with Crippen molar-refractivity contribution in [2.75, 3.05) is 22.4 Å². The first-order chi connectivity index (χ1) is 11.2. The molecule has 0 aromatic heterocycles. The van der Waals surface area contributed by atoms with Gasteiger partial charge in [-0.3, -0.25) is 9.10 Å². The van der Waals surface area contributed by atoms with Crippen LogP contribution in [0.2, 0.25) is 5.02 Å². The molecule has 1 amide bonds. The van der Waals surface area contributed by atoms with Crippen molar-refractivity contribution in [1.29, 1.82) is 0 Å². The van der Waals surface area contributed by atoms with Crippen molar-refractivity contribution in [3.05, 3.63) is 59.1 Å². The number of nitrogens with zero attached hydrogens (tertiary/aromatic N) is 1. The van der Waals surface area contributed by atoms with Crippen LogP contribution < -0.4 is 9.62 Å². The van der Waals surface area contributed by atoms with Gasteiger partial charge in [0.1, 0.15) is 12.2 Å². The summed E-state index contributed by atoms with van der Waals surface area (Å²) in [5.74, 6) is -2.93. The Bertz CT molecular complexity index is 837. The molecular formula is C15H13ClF2N2O3S. The molecule has 5 nitrogen and oxygen atoms in total. The summed E-state index contributed by atoms with van der Waals surface area (Å²) in [5.41, 5.74) is -0.432. The molecule has 0 aliphatic carbocycles. The molecule has 0 fully saturated rings. The molecular weight excluding hydrogens is 362 g/mol. The third-order valence-electron chi connectivity index (χ3n) is 3.00. The second-order valence-corrected chi connectivity index (χ2v) is 7.24.